The number of amides is 1. The number of nitrogens with zero attached hydrogens (tertiary/aromatic N) is 1. The Hall–Kier alpha value is -3.57. The molecule has 5 nitrogen and oxygen atoms in total. The van der Waals surface area contributed by atoms with Crippen LogP contribution in [-0.2, 0) is 0 Å². The molecule has 6 heteroatoms. The number of hydrogen-bond acceptors (Lipinski definition) is 3. The van der Waals surface area contributed by atoms with Crippen LogP contribution in [-0.4, -0.2) is 17.6 Å². The highest BCUT2D eigenvalue weighted by Crippen LogP contribution is 2.25. The molecule has 3 aromatic carbocycles. The first kappa shape index (κ1) is 19.7. The van der Waals surface area contributed by atoms with Crippen molar-refractivity contribution < 1.29 is 9.53 Å². The van der Waals surface area contributed by atoms with E-state index in [1.165, 1.54) is 4.57 Å². The highest BCUT2D eigenvalue weighted by Gasteiger charge is 2.17. The topological polar surface area (TPSA) is 60.3 Å². The minimum Gasteiger partial charge on any atom is -0.497 e. The zero-order valence-electron chi connectivity index (χ0n) is 16.5. The summed E-state index contributed by atoms with van der Waals surface area (Å²) in [4.78, 5) is 26.3. The molecule has 30 heavy (non-hydrogen) atoms. The van der Waals surface area contributed by atoms with Crippen LogP contribution in [0.2, 0.25) is 5.02 Å². The summed E-state index contributed by atoms with van der Waals surface area (Å²) in [6.45, 7) is 1.93. The first-order valence-electron chi connectivity index (χ1n) is 9.34. The number of aromatic nitrogens is 1. The maximum Gasteiger partial charge on any atom is 0.262 e. The van der Waals surface area contributed by atoms with Gasteiger partial charge in [0.05, 0.1) is 29.1 Å². The van der Waals surface area contributed by atoms with Crippen LogP contribution in [0.25, 0.3) is 16.5 Å². The molecule has 0 spiro atoms. The number of ether oxygens (including phenoxy) is 1. The fourth-order valence-electron chi connectivity index (χ4n) is 3.34. The van der Waals surface area contributed by atoms with Gasteiger partial charge in [-0.15, -0.1) is 0 Å². The molecule has 0 aliphatic carbocycles. The van der Waals surface area contributed by atoms with Gasteiger partial charge in [0.25, 0.3) is 11.5 Å². The molecule has 1 N–H and O–H groups in total. The lowest BCUT2D eigenvalue weighted by Gasteiger charge is -2.14. The van der Waals surface area contributed by atoms with Gasteiger partial charge in [0.2, 0.25) is 0 Å². The van der Waals surface area contributed by atoms with Crippen molar-refractivity contribution in [3.8, 4) is 11.4 Å². The van der Waals surface area contributed by atoms with Crippen LogP contribution in [0.1, 0.15) is 15.9 Å². The highest BCUT2D eigenvalue weighted by atomic mass is 35.5. The molecule has 4 rings (SSSR count). The second-order valence-electron chi connectivity index (χ2n) is 6.90. The van der Waals surface area contributed by atoms with Crippen molar-refractivity contribution in [1.82, 2.24) is 4.57 Å². The average molecular weight is 419 g/mol. The molecule has 0 saturated heterocycles. The van der Waals surface area contributed by atoms with E-state index in [1.54, 1.807) is 74.0 Å². The standard InChI is InChI=1S/C24H19ClN2O3/c1-15-10-11-22(21(25)12-15)26-23(28)20-14-27(16-6-5-7-17(13-16)30-2)24(29)19-9-4-3-8-18(19)20/h3-14H,1-2H3,(H,26,28). The minimum absolute atomic E-state index is 0.219. The van der Waals surface area contributed by atoms with E-state index in [1.807, 2.05) is 13.0 Å². The summed E-state index contributed by atoms with van der Waals surface area (Å²) in [6.07, 6.45) is 1.55. The highest BCUT2D eigenvalue weighted by molar-refractivity contribution is 6.34. The predicted octanol–water partition coefficient (Wildman–Crippen LogP) is 5.21. The third-order valence-electron chi connectivity index (χ3n) is 4.87. The van der Waals surface area contributed by atoms with Crippen molar-refractivity contribution in [3.05, 3.63) is 99.4 Å². The van der Waals surface area contributed by atoms with Gasteiger partial charge in [0.1, 0.15) is 5.75 Å². The molecular weight excluding hydrogens is 400 g/mol. The number of hydrogen-bond donors (Lipinski definition) is 1. The zero-order valence-corrected chi connectivity index (χ0v) is 17.2. The van der Waals surface area contributed by atoms with E-state index in [-0.39, 0.29) is 11.5 Å². The monoisotopic (exact) mass is 418 g/mol. The van der Waals surface area contributed by atoms with Gasteiger partial charge >= 0.3 is 0 Å². The van der Waals surface area contributed by atoms with E-state index < -0.39 is 0 Å². The van der Waals surface area contributed by atoms with E-state index in [0.29, 0.717) is 38.5 Å². The molecule has 0 atom stereocenters. The van der Waals surface area contributed by atoms with E-state index in [0.717, 1.165) is 5.56 Å². The van der Waals surface area contributed by atoms with Gasteiger partial charge in [-0.05, 0) is 42.8 Å². The third-order valence-corrected chi connectivity index (χ3v) is 5.19. The molecule has 0 bridgehead atoms. The predicted molar refractivity (Wildman–Crippen MR) is 120 cm³/mol. The summed E-state index contributed by atoms with van der Waals surface area (Å²) in [6, 6.07) is 19.6. The first-order valence-corrected chi connectivity index (χ1v) is 9.72. The number of nitrogens with one attached hydrogen (secondary N) is 1. The van der Waals surface area contributed by atoms with Gasteiger partial charge in [-0.25, -0.2) is 0 Å². The van der Waals surface area contributed by atoms with Crippen LogP contribution in [0.5, 0.6) is 5.75 Å². The largest absolute Gasteiger partial charge is 0.497 e. The molecular formula is C24H19ClN2O3. The quantitative estimate of drug-likeness (QED) is 0.494. The Labute approximate surface area is 178 Å². The number of pyridine rings is 1. The number of methoxy groups -OCH3 is 1. The zero-order chi connectivity index (χ0) is 21.3. The number of halogens is 1. The Morgan fingerprint density at radius 2 is 1.77 bits per heavy atom. The van der Waals surface area contributed by atoms with Crippen molar-refractivity contribution in [1.29, 1.82) is 0 Å². The van der Waals surface area contributed by atoms with Crippen LogP contribution in [0, 0.1) is 6.92 Å². The van der Waals surface area contributed by atoms with E-state index in [4.69, 9.17) is 16.3 Å². The van der Waals surface area contributed by atoms with Crippen molar-refractivity contribution in [2.24, 2.45) is 0 Å². The van der Waals surface area contributed by atoms with Gasteiger partial charge in [-0.1, -0.05) is 41.9 Å². The molecule has 4 aromatic rings. The first-order chi connectivity index (χ1) is 14.5. The van der Waals surface area contributed by atoms with Gasteiger partial charge in [-0.3, -0.25) is 14.2 Å². The normalized spacial score (nSPS) is 10.8. The number of anilines is 1. The molecule has 0 unspecified atom stereocenters. The second-order valence-corrected chi connectivity index (χ2v) is 7.31. The average Bonchev–Trinajstić information content (AvgIpc) is 2.76. The van der Waals surface area contributed by atoms with E-state index >= 15 is 0 Å². The summed E-state index contributed by atoms with van der Waals surface area (Å²) in [7, 11) is 1.56. The Balaban J connectivity index is 1.87. The molecule has 1 aromatic heterocycles. The Kier molecular flexibility index (Phi) is 5.29. The minimum atomic E-state index is -0.353. The summed E-state index contributed by atoms with van der Waals surface area (Å²) < 4.78 is 6.73. The lowest BCUT2D eigenvalue weighted by Crippen LogP contribution is -2.22. The van der Waals surface area contributed by atoms with Gasteiger partial charge in [0.15, 0.2) is 0 Å². The Morgan fingerprint density at radius 1 is 1.00 bits per heavy atom. The third kappa shape index (κ3) is 3.67. The Bertz CT molecular complexity index is 1330. The number of rotatable bonds is 4. The summed E-state index contributed by atoms with van der Waals surface area (Å²) in [5, 5.41) is 4.33. The fourth-order valence-corrected chi connectivity index (χ4v) is 3.62. The number of carbonyl (C=O) groups is 1. The SMILES string of the molecule is COc1cccc(-n2cc(C(=O)Nc3ccc(C)cc3Cl)c3ccccc3c2=O)c1. The molecule has 0 aliphatic heterocycles. The smallest absolute Gasteiger partial charge is 0.262 e. The van der Waals surface area contributed by atoms with Crippen molar-refractivity contribution >= 4 is 34.0 Å². The molecule has 0 fully saturated rings. The van der Waals surface area contributed by atoms with E-state index in [9.17, 15) is 9.59 Å². The summed E-state index contributed by atoms with van der Waals surface area (Å²) in [5.41, 5.74) is 2.26. The maximum atomic E-state index is 13.2. The summed E-state index contributed by atoms with van der Waals surface area (Å²) in [5.74, 6) is 0.263. The van der Waals surface area contributed by atoms with Gasteiger partial charge < -0.3 is 10.1 Å². The van der Waals surface area contributed by atoms with Crippen molar-refractivity contribution in [2.45, 2.75) is 6.92 Å². The van der Waals surface area contributed by atoms with Crippen molar-refractivity contribution in [2.75, 3.05) is 12.4 Å². The van der Waals surface area contributed by atoms with Crippen LogP contribution in [0.15, 0.2) is 77.7 Å². The number of benzene rings is 3. The van der Waals surface area contributed by atoms with Crippen LogP contribution in [0.3, 0.4) is 0 Å². The van der Waals surface area contributed by atoms with Gasteiger partial charge in [0, 0.05) is 23.0 Å². The fraction of sp³-hybridized carbons (Fsp3) is 0.0833. The number of fused-ring (bicyclic) bond motifs is 1. The second kappa shape index (κ2) is 8.05. The van der Waals surface area contributed by atoms with Crippen molar-refractivity contribution in [3.63, 3.8) is 0 Å². The molecule has 0 saturated carbocycles. The lowest BCUT2D eigenvalue weighted by molar-refractivity contribution is 0.102. The van der Waals surface area contributed by atoms with E-state index in [2.05, 4.69) is 5.32 Å². The Morgan fingerprint density at radius 3 is 2.50 bits per heavy atom. The molecule has 150 valence electrons. The van der Waals surface area contributed by atoms with Crippen LogP contribution in [0.4, 0.5) is 5.69 Å². The van der Waals surface area contributed by atoms with Crippen LogP contribution >= 0.6 is 11.6 Å². The summed E-state index contributed by atoms with van der Waals surface area (Å²) >= 11 is 6.28. The number of carbonyl (C=O) groups excluding carboxylic acids is 1. The number of aryl methyl sites for hydroxylation is 1. The molecule has 0 aliphatic rings. The molecule has 1 heterocycles. The molecule has 1 amide bonds. The lowest BCUT2D eigenvalue weighted by atomic mass is 10.1. The maximum absolute atomic E-state index is 13.2. The molecule has 0 radical (unpaired) electrons. The van der Waals surface area contributed by atoms with Crippen LogP contribution < -0.4 is 15.6 Å². The van der Waals surface area contributed by atoms with Gasteiger partial charge in [-0.2, -0.15) is 0 Å².